The van der Waals surface area contributed by atoms with E-state index < -0.39 is 0 Å². The van der Waals surface area contributed by atoms with E-state index >= 15 is 0 Å². The Morgan fingerprint density at radius 2 is 1.92 bits per heavy atom. The van der Waals surface area contributed by atoms with E-state index in [2.05, 4.69) is 11.7 Å². The van der Waals surface area contributed by atoms with Gasteiger partial charge in [-0.2, -0.15) is 0 Å². The highest BCUT2D eigenvalue weighted by Gasteiger charge is 2.27. The van der Waals surface area contributed by atoms with E-state index in [1.165, 1.54) is 39.2 Å². The van der Waals surface area contributed by atoms with Crippen LogP contribution in [-0.2, 0) is 9.53 Å². The monoisotopic (exact) mass is 184 g/mol. The minimum Gasteiger partial charge on any atom is -0.469 e. The second kappa shape index (κ2) is 4.64. The normalized spacial score (nSPS) is 21.1. The molecule has 0 aromatic heterocycles. The summed E-state index contributed by atoms with van der Waals surface area (Å²) in [7, 11) is 1.46. The van der Waals surface area contributed by atoms with E-state index in [1.807, 2.05) is 0 Å². The van der Waals surface area contributed by atoms with E-state index in [4.69, 9.17) is 0 Å². The molecule has 0 unspecified atom stereocenters. The van der Waals surface area contributed by atoms with Crippen LogP contribution in [0, 0.1) is 5.41 Å². The number of methoxy groups -OCH3 is 1. The van der Waals surface area contributed by atoms with Crippen LogP contribution in [0.2, 0.25) is 0 Å². The molecule has 0 aromatic carbocycles. The molecule has 76 valence electrons. The fourth-order valence-electron chi connectivity index (χ4n) is 2.16. The highest BCUT2D eigenvalue weighted by Crippen LogP contribution is 2.39. The Morgan fingerprint density at radius 3 is 2.46 bits per heavy atom. The zero-order valence-corrected chi connectivity index (χ0v) is 8.77. The summed E-state index contributed by atoms with van der Waals surface area (Å²) in [6.07, 6.45) is 8.18. The Labute approximate surface area is 80.7 Å². The largest absolute Gasteiger partial charge is 0.469 e. The third-order valence-electron chi connectivity index (χ3n) is 3.22. The molecule has 0 radical (unpaired) electrons. The molecule has 0 aromatic rings. The molecular weight excluding hydrogens is 164 g/mol. The van der Waals surface area contributed by atoms with Gasteiger partial charge in [-0.25, -0.2) is 0 Å². The minimum atomic E-state index is -0.0631. The fraction of sp³-hybridized carbons (Fsp3) is 0.909. The number of hydrogen-bond donors (Lipinski definition) is 0. The summed E-state index contributed by atoms with van der Waals surface area (Å²) in [6, 6.07) is 0. The first-order valence-corrected chi connectivity index (χ1v) is 5.23. The van der Waals surface area contributed by atoms with Crippen molar-refractivity contribution in [3.63, 3.8) is 0 Å². The molecule has 0 amide bonds. The molecule has 1 rings (SSSR count). The van der Waals surface area contributed by atoms with Gasteiger partial charge in [0.1, 0.15) is 0 Å². The topological polar surface area (TPSA) is 26.3 Å². The van der Waals surface area contributed by atoms with Gasteiger partial charge in [0.25, 0.3) is 0 Å². The van der Waals surface area contributed by atoms with Crippen LogP contribution in [0.25, 0.3) is 0 Å². The van der Waals surface area contributed by atoms with Crippen LogP contribution in [-0.4, -0.2) is 13.1 Å². The molecule has 1 aliphatic carbocycles. The molecule has 1 fully saturated rings. The first kappa shape index (κ1) is 10.6. The smallest absolute Gasteiger partial charge is 0.305 e. The molecule has 0 saturated heterocycles. The summed E-state index contributed by atoms with van der Waals surface area (Å²) in [6.45, 7) is 2.30. The lowest BCUT2D eigenvalue weighted by molar-refractivity contribution is -0.141. The quantitative estimate of drug-likeness (QED) is 0.630. The number of hydrogen-bond acceptors (Lipinski definition) is 2. The van der Waals surface area contributed by atoms with E-state index in [1.54, 1.807) is 0 Å². The van der Waals surface area contributed by atoms with E-state index in [9.17, 15) is 4.79 Å². The molecular formula is C11H20O2. The van der Waals surface area contributed by atoms with Gasteiger partial charge in [-0.3, -0.25) is 4.79 Å². The van der Waals surface area contributed by atoms with E-state index in [0.717, 1.165) is 6.42 Å². The van der Waals surface area contributed by atoms with E-state index in [0.29, 0.717) is 11.8 Å². The lowest BCUT2D eigenvalue weighted by Gasteiger charge is -2.33. The van der Waals surface area contributed by atoms with Gasteiger partial charge in [-0.05, 0) is 24.7 Å². The summed E-state index contributed by atoms with van der Waals surface area (Å²) >= 11 is 0. The number of carbonyl (C=O) groups excluding carboxylic acids is 1. The molecule has 0 atom stereocenters. The molecule has 1 saturated carbocycles. The van der Waals surface area contributed by atoms with Crippen molar-refractivity contribution in [2.75, 3.05) is 7.11 Å². The number of ether oxygens (including phenoxy) is 1. The molecule has 2 nitrogen and oxygen atoms in total. The van der Waals surface area contributed by atoms with Crippen LogP contribution in [0.1, 0.15) is 51.9 Å². The van der Waals surface area contributed by atoms with Gasteiger partial charge in [0.15, 0.2) is 0 Å². The number of esters is 1. The zero-order valence-electron chi connectivity index (χ0n) is 8.77. The van der Waals surface area contributed by atoms with Crippen molar-refractivity contribution in [1.82, 2.24) is 0 Å². The predicted octanol–water partition coefficient (Wildman–Crippen LogP) is 2.91. The van der Waals surface area contributed by atoms with Crippen molar-refractivity contribution < 1.29 is 9.53 Å². The first-order valence-electron chi connectivity index (χ1n) is 5.23. The molecule has 0 N–H and O–H groups in total. The van der Waals surface area contributed by atoms with Crippen LogP contribution < -0.4 is 0 Å². The standard InChI is InChI=1S/C11H20O2/c1-11(7-4-3-5-8-11)9-6-10(12)13-2/h3-9H2,1-2H3. The average molecular weight is 184 g/mol. The van der Waals surface area contributed by atoms with Crippen molar-refractivity contribution >= 4 is 5.97 Å². The lowest BCUT2D eigenvalue weighted by Crippen LogP contribution is -2.21. The van der Waals surface area contributed by atoms with Crippen LogP contribution in [0.4, 0.5) is 0 Å². The lowest BCUT2D eigenvalue weighted by atomic mass is 9.73. The van der Waals surface area contributed by atoms with Gasteiger partial charge in [0, 0.05) is 6.42 Å². The molecule has 0 aliphatic heterocycles. The van der Waals surface area contributed by atoms with Crippen LogP contribution >= 0.6 is 0 Å². The molecule has 0 heterocycles. The second-order valence-electron chi connectivity index (χ2n) is 4.45. The van der Waals surface area contributed by atoms with Crippen LogP contribution in [0.15, 0.2) is 0 Å². The summed E-state index contributed by atoms with van der Waals surface area (Å²) in [5.41, 5.74) is 0.409. The zero-order chi connectivity index (χ0) is 9.73. The highest BCUT2D eigenvalue weighted by molar-refractivity contribution is 5.69. The van der Waals surface area contributed by atoms with Crippen molar-refractivity contribution in [2.24, 2.45) is 5.41 Å². The van der Waals surface area contributed by atoms with Crippen molar-refractivity contribution in [1.29, 1.82) is 0 Å². The van der Waals surface area contributed by atoms with Crippen molar-refractivity contribution in [3.05, 3.63) is 0 Å². The molecule has 1 aliphatic rings. The Morgan fingerprint density at radius 1 is 1.31 bits per heavy atom. The number of carbonyl (C=O) groups is 1. The Balaban J connectivity index is 2.28. The second-order valence-corrected chi connectivity index (χ2v) is 4.45. The van der Waals surface area contributed by atoms with Gasteiger partial charge in [0.2, 0.25) is 0 Å². The van der Waals surface area contributed by atoms with Crippen LogP contribution in [0.5, 0.6) is 0 Å². The average Bonchev–Trinajstić information content (AvgIpc) is 2.15. The number of rotatable bonds is 3. The summed E-state index contributed by atoms with van der Waals surface area (Å²) < 4.78 is 4.65. The maximum atomic E-state index is 11.0. The maximum Gasteiger partial charge on any atom is 0.305 e. The van der Waals surface area contributed by atoms with E-state index in [-0.39, 0.29) is 5.97 Å². The van der Waals surface area contributed by atoms with Crippen LogP contribution in [0.3, 0.4) is 0 Å². The Kier molecular flexibility index (Phi) is 3.76. The van der Waals surface area contributed by atoms with Crippen molar-refractivity contribution in [2.45, 2.75) is 51.9 Å². The Hall–Kier alpha value is -0.530. The fourth-order valence-corrected chi connectivity index (χ4v) is 2.16. The molecule has 13 heavy (non-hydrogen) atoms. The summed E-state index contributed by atoms with van der Waals surface area (Å²) in [5.74, 6) is -0.0631. The summed E-state index contributed by atoms with van der Waals surface area (Å²) in [5, 5.41) is 0. The van der Waals surface area contributed by atoms with Gasteiger partial charge >= 0.3 is 5.97 Å². The van der Waals surface area contributed by atoms with Gasteiger partial charge < -0.3 is 4.74 Å². The third kappa shape index (κ3) is 3.37. The Bertz CT molecular complexity index is 169. The minimum absolute atomic E-state index is 0.0631. The highest BCUT2D eigenvalue weighted by atomic mass is 16.5. The third-order valence-corrected chi connectivity index (χ3v) is 3.22. The maximum absolute atomic E-state index is 11.0. The SMILES string of the molecule is COC(=O)CCC1(C)CCCCC1. The van der Waals surface area contributed by atoms with Gasteiger partial charge in [-0.1, -0.05) is 26.2 Å². The molecule has 0 spiro atoms. The molecule has 2 heteroatoms. The molecule has 0 bridgehead atoms. The predicted molar refractivity (Wildman–Crippen MR) is 52.4 cm³/mol. The summed E-state index contributed by atoms with van der Waals surface area (Å²) in [4.78, 5) is 11.0. The van der Waals surface area contributed by atoms with Gasteiger partial charge in [0.05, 0.1) is 7.11 Å². The first-order chi connectivity index (χ1) is 6.16. The van der Waals surface area contributed by atoms with Gasteiger partial charge in [-0.15, -0.1) is 0 Å². The van der Waals surface area contributed by atoms with Crippen molar-refractivity contribution in [3.8, 4) is 0 Å².